The van der Waals surface area contributed by atoms with Gasteiger partial charge in [0.1, 0.15) is 5.75 Å². The number of aliphatic hydroxyl groups is 1. The Balaban J connectivity index is 2.25. The first-order valence-corrected chi connectivity index (χ1v) is 6.55. The Morgan fingerprint density at radius 3 is 2.63 bits per heavy atom. The first-order chi connectivity index (χ1) is 9.11. The van der Waals surface area contributed by atoms with Gasteiger partial charge in [0.15, 0.2) is 0 Å². The molecule has 0 amide bonds. The van der Waals surface area contributed by atoms with Crippen molar-refractivity contribution in [2.75, 3.05) is 7.11 Å². The van der Waals surface area contributed by atoms with Gasteiger partial charge in [0.05, 0.1) is 13.2 Å². The van der Waals surface area contributed by atoms with E-state index in [1.165, 1.54) is 0 Å². The summed E-state index contributed by atoms with van der Waals surface area (Å²) in [6, 6.07) is 13.3. The lowest BCUT2D eigenvalue weighted by Gasteiger charge is -2.16. The van der Waals surface area contributed by atoms with Crippen LogP contribution in [0.2, 0.25) is 5.02 Å². The van der Waals surface area contributed by atoms with E-state index >= 15 is 0 Å². The second kappa shape index (κ2) is 6.09. The van der Waals surface area contributed by atoms with Crippen LogP contribution in [0.5, 0.6) is 5.75 Å². The average molecular weight is 277 g/mol. The lowest BCUT2D eigenvalue weighted by Crippen LogP contribution is -2.04. The number of benzene rings is 2. The standard InChI is InChI=1S/C16H17ClO2/c1-11-7-8-13(16(9-11)19-2)15(18)10-12-5-3-4-6-14(12)17/h3-9,15,18H,10H2,1-2H3. The van der Waals surface area contributed by atoms with Gasteiger partial charge in [0.2, 0.25) is 0 Å². The van der Waals surface area contributed by atoms with Crippen LogP contribution in [0.15, 0.2) is 42.5 Å². The Morgan fingerprint density at radius 2 is 1.95 bits per heavy atom. The van der Waals surface area contributed by atoms with Gasteiger partial charge in [-0.25, -0.2) is 0 Å². The molecule has 0 heterocycles. The number of aliphatic hydroxyl groups excluding tert-OH is 1. The fraction of sp³-hybridized carbons (Fsp3) is 0.250. The van der Waals surface area contributed by atoms with Gasteiger partial charge in [-0.3, -0.25) is 0 Å². The Hall–Kier alpha value is -1.51. The zero-order valence-corrected chi connectivity index (χ0v) is 11.8. The molecule has 0 aliphatic rings. The SMILES string of the molecule is COc1cc(C)ccc1C(O)Cc1ccccc1Cl. The van der Waals surface area contributed by atoms with Crippen LogP contribution < -0.4 is 4.74 Å². The molecule has 1 unspecified atom stereocenters. The molecule has 2 aromatic carbocycles. The number of ether oxygens (including phenoxy) is 1. The van der Waals surface area contributed by atoms with Crippen LogP contribution in [-0.2, 0) is 6.42 Å². The van der Waals surface area contributed by atoms with E-state index in [2.05, 4.69) is 0 Å². The van der Waals surface area contributed by atoms with E-state index in [1.807, 2.05) is 49.4 Å². The van der Waals surface area contributed by atoms with Crippen molar-refractivity contribution < 1.29 is 9.84 Å². The Bertz CT molecular complexity index is 566. The molecule has 0 bridgehead atoms. The highest BCUT2D eigenvalue weighted by molar-refractivity contribution is 6.31. The minimum Gasteiger partial charge on any atom is -0.496 e. The normalized spacial score (nSPS) is 12.2. The number of hydrogen-bond acceptors (Lipinski definition) is 2. The topological polar surface area (TPSA) is 29.5 Å². The van der Waals surface area contributed by atoms with Gasteiger partial charge in [-0.15, -0.1) is 0 Å². The van der Waals surface area contributed by atoms with Crippen LogP contribution in [0, 0.1) is 6.92 Å². The minimum atomic E-state index is -0.629. The third-order valence-corrected chi connectivity index (χ3v) is 3.49. The fourth-order valence-electron chi connectivity index (χ4n) is 2.08. The quantitative estimate of drug-likeness (QED) is 0.917. The van der Waals surface area contributed by atoms with E-state index < -0.39 is 6.10 Å². The first kappa shape index (κ1) is 13.9. The molecule has 1 N–H and O–H groups in total. The summed E-state index contributed by atoms with van der Waals surface area (Å²) in [5, 5.41) is 11.0. The smallest absolute Gasteiger partial charge is 0.124 e. The molecule has 2 rings (SSSR count). The predicted molar refractivity (Wildman–Crippen MR) is 77.8 cm³/mol. The summed E-state index contributed by atoms with van der Waals surface area (Å²) in [6.45, 7) is 1.99. The molecule has 0 spiro atoms. The number of rotatable bonds is 4. The molecule has 3 heteroatoms. The van der Waals surface area contributed by atoms with Gasteiger partial charge in [0.25, 0.3) is 0 Å². The van der Waals surface area contributed by atoms with Gasteiger partial charge < -0.3 is 9.84 Å². The third kappa shape index (κ3) is 3.28. The van der Waals surface area contributed by atoms with Crippen LogP contribution in [0.1, 0.15) is 22.8 Å². The summed E-state index contributed by atoms with van der Waals surface area (Å²) in [7, 11) is 1.61. The zero-order chi connectivity index (χ0) is 13.8. The van der Waals surface area contributed by atoms with E-state index in [4.69, 9.17) is 16.3 Å². The predicted octanol–water partition coefficient (Wildman–Crippen LogP) is 3.93. The van der Waals surface area contributed by atoms with Crippen LogP contribution in [0.3, 0.4) is 0 Å². The largest absolute Gasteiger partial charge is 0.496 e. The monoisotopic (exact) mass is 276 g/mol. The molecule has 0 radical (unpaired) electrons. The maximum atomic E-state index is 10.4. The molecule has 0 fully saturated rings. The van der Waals surface area contributed by atoms with Gasteiger partial charge in [-0.1, -0.05) is 41.9 Å². The highest BCUT2D eigenvalue weighted by atomic mass is 35.5. The van der Waals surface area contributed by atoms with Gasteiger partial charge >= 0.3 is 0 Å². The molecule has 0 saturated carbocycles. The molecule has 2 aromatic rings. The number of halogens is 1. The van der Waals surface area contributed by atoms with E-state index in [9.17, 15) is 5.11 Å². The van der Waals surface area contributed by atoms with Crippen molar-refractivity contribution in [1.82, 2.24) is 0 Å². The second-order valence-electron chi connectivity index (χ2n) is 4.56. The van der Waals surface area contributed by atoms with Crippen molar-refractivity contribution in [3.63, 3.8) is 0 Å². The van der Waals surface area contributed by atoms with Crippen molar-refractivity contribution in [3.05, 3.63) is 64.2 Å². The van der Waals surface area contributed by atoms with Crippen molar-refractivity contribution in [2.24, 2.45) is 0 Å². The molecule has 1 atom stereocenters. The van der Waals surface area contributed by atoms with Crippen LogP contribution >= 0.6 is 11.6 Å². The molecular weight excluding hydrogens is 260 g/mol. The third-order valence-electron chi connectivity index (χ3n) is 3.12. The van der Waals surface area contributed by atoms with E-state index in [-0.39, 0.29) is 0 Å². The van der Waals surface area contributed by atoms with E-state index in [1.54, 1.807) is 7.11 Å². The summed E-state index contributed by atoms with van der Waals surface area (Å²) >= 11 is 6.11. The maximum absolute atomic E-state index is 10.4. The molecule has 0 aliphatic carbocycles. The van der Waals surface area contributed by atoms with Crippen LogP contribution in [-0.4, -0.2) is 12.2 Å². The lowest BCUT2D eigenvalue weighted by molar-refractivity contribution is 0.174. The zero-order valence-electron chi connectivity index (χ0n) is 11.1. The lowest BCUT2D eigenvalue weighted by atomic mass is 9.99. The van der Waals surface area contributed by atoms with Crippen molar-refractivity contribution in [3.8, 4) is 5.75 Å². The van der Waals surface area contributed by atoms with E-state index in [0.29, 0.717) is 17.2 Å². The maximum Gasteiger partial charge on any atom is 0.124 e. The van der Waals surface area contributed by atoms with Crippen molar-refractivity contribution in [2.45, 2.75) is 19.4 Å². The Morgan fingerprint density at radius 1 is 1.21 bits per heavy atom. The molecule has 19 heavy (non-hydrogen) atoms. The molecule has 2 nitrogen and oxygen atoms in total. The highest BCUT2D eigenvalue weighted by Crippen LogP contribution is 2.30. The summed E-state index contributed by atoms with van der Waals surface area (Å²) in [5.41, 5.74) is 2.82. The van der Waals surface area contributed by atoms with Gasteiger partial charge in [-0.2, -0.15) is 0 Å². The molecule has 0 aliphatic heterocycles. The summed E-state index contributed by atoms with van der Waals surface area (Å²) < 4.78 is 5.32. The fourth-order valence-corrected chi connectivity index (χ4v) is 2.29. The Labute approximate surface area is 118 Å². The summed E-state index contributed by atoms with van der Waals surface area (Å²) in [4.78, 5) is 0. The average Bonchev–Trinajstić information content (AvgIpc) is 2.41. The van der Waals surface area contributed by atoms with Gasteiger partial charge in [0, 0.05) is 17.0 Å². The second-order valence-corrected chi connectivity index (χ2v) is 4.96. The van der Waals surface area contributed by atoms with Crippen LogP contribution in [0.4, 0.5) is 0 Å². The number of aryl methyl sites for hydroxylation is 1. The van der Waals surface area contributed by atoms with Crippen LogP contribution in [0.25, 0.3) is 0 Å². The summed E-state index contributed by atoms with van der Waals surface area (Å²) in [5.74, 6) is 0.708. The molecule has 0 aromatic heterocycles. The number of methoxy groups -OCH3 is 1. The van der Waals surface area contributed by atoms with Crippen molar-refractivity contribution >= 4 is 11.6 Å². The molecule has 0 saturated heterocycles. The molecule has 100 valence electrons. The minimum absolute atomic E-state index is 0.471. The Kier molecular flexibility index (Phi) is 4.46. The summed E-state index contributed by atoms with van der Waals surface area (Å²) in [6.07, 6.45) is -0.158. The first-order valence-electron chi connectivity index (χ1n) is 6.18. The molecular formula is C16H17ClO2. The van der Waals surface area contributed by atoms with Crippen molar-refractivity contribution in [1.29, 1.82) is 0 Å². The highest BCUT2D eigenvalue weighted by Gasteiger charge is 2.15. The van der Waals surface area contributed by atoms with Gasteiger partial charge in [-0.05, 0) is 30.2 Å². The number of hydrogen-bond donors (Lipinski definition) is 1. The van der Waals surface area contributed by atoms with E-state index in [0.717, 1.165) is 16.7 Å².